The van der Waals surface area contributed by atoms with Crippen LogP contribution in [0.5, 0.6) is 17.2 Å². The highest BCUT2D eigenvalue weighted by Crippen LogP contribution is 2.30. The molecule has 0 aliphatic carbocycles. The number of rotatable bonds is 8. The molecular formula is C18H20N2O6. The first-order valence-corrected chi connectivity index (χ1v) is 7.83. The first-order valence-electron chi connectivity index (χ1n) is 7.83. The van der Waals surface area contributed by atoms with Gasteiger partial charge in [-0.15, -0.1) is 0 Å². The van der Waals surface area contributed by atoms with Crippen molar-refractivity contribution in [1.29, 1.82) is 0 Å². The zero-order chi connectivity index (χ0) is 19.1. The minimum Gasteiger partial charge on any atom is -0.496 e. The Morgan fingerprint density at radius 3 is 2.50 bits per heavy atom. The largest absolute Gasteiger partial charge is 0.496 e. The Balaban J connectivity index is 1.97. The maximum Gasteiger partial charge on any atom is 0.311 e. The summed E-state index contributed by atoms with van der Waals surface area (Å²) >= 11 is 0. The fourth-order valence-corrected chi connectivity index (χ4v) is 2.43. The number of carbonyl (C=O) groups excluding carboxylic acids is 1. The number of nitro benzene ring substituents is 1. The summed E-state index contributed by atoms with van der Waals surface area (Å²) in [4.78, 5) is 22.4. The normalized spacial score (nSPS) is 11.3. The Kier molecular flexibility index (Phi) is 6.37. The van der Waals surface area contributed by atoms with Crippen molar-refractivity contribution in [3.05, 3.63) is 58.1 Å². The Morgan fingerprint density at radius 1 is 1.15 bits per heavy atom. The molecular weight excluding hydrogens is 340 g/mol. The number of amides is 1. The SMILES string of the molecule is COc1ccccc1C(C)NC(=O)COc1ccc([N+](=O)[O-])c(OC)c1. The third-order valence-corrected chi connectivity index (χ3v) is 3.70. The number of methoxy groups -OCH3 is 2. The zero-order valence-electron chi connectivity index (χ0n) is 14.7. The van der Waals surface area contributed by atoms with Crippen LogP contribution in [0, 0.1) is 10.1 Å². The smallest absolute Gasteiger partial charge is 0.311 e. The van der Waals surface area contributed by atoms with E-state index in [9.17, 15) is 14.9 Å². The number of ether oxygens (including phenoxy) is 3. The van der Waals surface area contributed by atoms with Gasteiger partial charge >= 0.3 is 5.69 Å². The van der Waals surface area contributed by atoms with Gasteiger partial charge in [-0.1, -0.05) is 18.2 Å². The molecule has 1 unspecified atom stereocenters. The molecule has 1 amide bonds. The van der Waals surface area contributed by atoms with Gasteiger partial charge in [0, 0.05) is 17.7 Å². The summed E-state index contributed by atoms with van der Waals surface area (Å²) in [5, 5.41) is 13.7. The second kappa shape index (κ2) is 8.70. The molecule has 0 bridgehead atoms. The quantitative estimate of drug-likeness (QED) is 0.574. The van der Waals surface area contributed by atoms with Crippen molar-refractivity contribution < 1.29 is 23.9 Å². The standard InChI is InChI=1S/C18H20N2O6/c1-12(14-6-4-5-7-16(14)24-2)19-18(21)11-26-13-8-9-15(20(22)23)17(10-13)25-3/h4-10,12H,11H2,1-3H3,(H,19,21). The number of hydrogen-bond acceptors (Lipinski definition) is 6. The van der Waals surface area contributed by atoms with E-state index in [0.717, 1.165) is 5.56 Å². The van der Waals surface area contributed by atoms with Gasteiger partial charge in [-0.3, -0.25) is 14.9 Å². The lowest BCUT2D eigenvalue weighted by Crippen LogP contribution is -2.31. The lowest BCUT2D eigenvalue weighted by molar-refractivity contribution is -0.385. The van der Waals surface area contributed by atoms with Crippen molar-refractivity contribution in [3.8, 4) is 17.2 Å². The van der Waals surface area contributed by atoms with Crippen LogP contribution in [0.3, 0.4) is 0 Å². The van der Waals surface area contributed by atoms with E-state index in [2.05, 4.69) is 5.32 Å². The van der Waals surface area contributed by atoms with Gasteiger partial charge in [0.2, 0.25) is 5.75 Å². The third kappa shape index (κ3) is 4.62. The second-order valence-corrected chi connectivity index (χ2v) is 5.41. The Labute approximate surface area is 150 Å². The molecule has 2 rings (SSSR count). The van der Waals surface area contributed by atoms with Crippen LogP contribution in [0.4, 0.5) is 5.69 Å². The molecule has 0 saturated carbocycles. The van der Waals surface area contributed by atoms with Crippen LogP contribution in [-0.2, 0) is 4.79 Å². The molecule has 0 aromatic heterocycles. The average molecular weight is 360 g/mol. The van der Waals surface area contributed by atoms with Crippen LogP contribution < -0.4 is 19.5 Å². The van der Waals surface area contributed by atoms with Crippen molar-refractivity contribution in [3.63, 3.8) is 0 Å². The molecule has 26 heavy (non-hydrogen) atoms. The first-order chi connectivity index (χ1) is 12.5. The van der Waals surface area contributed by atoms with E-state index in [0.29, 0.717) is 11.5 Å². The van der Waals surface area contributed by atoms with E-state index in [-0.39, 0.29) is 30.0 Å². The number of hydrogen-bond donors (Lipinski definition) is 1. The highest BCUT2D eigenvalue weighted by Gasteiger charge is 2.17. The highest BCUT2D eigenvalue weighted by molar-refractivity contribution is 5.78. The molecule has 8 nitrogen and oxygen atoms in total. The van der Waals surface area contributed by atoms with Crippen LogP contribution >= 0.6 is 0 Å². The summed E-state index contributed by atoms with van der Waals surface area (Å²) in [7, 11) is 2.90. The van der Waals surface area contributed by atoms with Crippen molar-refractivity contribution in [2.24, 2.45) is 0 Å². The number of carbonyl (C=O) groups is 1. The van der Waals surface area contributed by atoms with Gasteiger partial charge in [0.25, 0.3) is 5.91 Å². The minimum atomic E-state index is -0.551. The van der Waals surface area contributed by atoms with E-state index < -0.39 is 4.92 Å². The van der Waals surface area contributed by atoms with E-state index in [1.165, 1.54) is 25.3 Å². The van der Waals surface area contributed by atoms with Gasteiger partial charge < -0.3 is 19.5 Å². The van der Waals surface area contributed by atoms with E-state index >= 15 is 0 Å². The zero-order valence-corrected chi connectivity index (χ0v) is 14.7. The molecule has 1 N–H and O–H groups in total. The van der Waals surface area contributed by atoms with Crippen LogP contribution in [0.1, 0.15) is 18.5 Å². The molecule has 0 saturated heterocycles. The predicted octanol–water partition coefficient (Wildman–Crippen LogP) is 2.87. The van der Waals surface area contributed by atoms with E-state index in [4.69, 9.17) is 14.2 Å². The lowest BCUT2D eigenvalue weighted by atomic mass is 10.1. The summed E-state index contributed by atoms with van der Waals surface area (Å²) in [6.07, 6.45) is 0. The number of nitrogens with zero attached hydrogens (tertiary/aromatic N) is 1. The van der Waals surface area contributed by atoms with Gasteiger partial charge in [-0.05, 0) is 19.1 Å². The number of para-hydroxylation sites is 1. The number of nitro groups is 1. The van der Waals surface area contributed by atoms with Crippen molar-refractivity contribution >= 4 is 11.6 Å². The molecule has 0 heterocycles. The number of nitrogens with one attached hydrogen (secondary N) is 1. The van der Waals surface area contributed by atoms with Crippen LogP contribution in [0.15, 0.2) is 42.5 Å². The summed E-state index contributed by atoms with van der Waals surface area (Å²) in [5.41, 5.74) is 0.675. The van der Waals surface area contributed by atoms with Gasteiger partial charge in [0.05, 0.1) is 25.2 Å². The van der Waals surface area contributed by atoms with Crippen LogP contribution in [-0.4, -0.2) is 31.7 Å². The van der Waals surface area contributed by atoms with Crippen LogP contribution in [0.25, 0.3) is 0 Å². The van der Waals surface area contributed by atoms with Gasteiger partial charge in [0.1, 0.15) is 11.5 Å². The molecule has 2 aromatic carbocycles. The molecule has 0 radical (unpaired) electrons. The van der Waals surface area contributed by atoms with E-state index in [1.54, 1.807) is 7.11 Å². The number of benzene rings is 2. The topological polar surface area (TPSA) is 99.9 Å². The van der Waals surface area contributed by atoms with Gasteiger partial charge in [-0.2, -0.15) is 0 Å². The molecule has 1 atom stereocenters. The van der Waals surface area contributed by atoms with Crippen molar-refractivity contribution in [2.75, 3.05) is 20.8 Å². The Morgan fingerprint density at radius 2 is 1.85 bits per heavy atom. The van der Waals surface area contributed by atoms with Crippen molar-refractivity contribution in [2.45, 2.75) is 13.0 Å². The van der Waals surface area contributed by atoms with Crippen molar-refractivity contribution in [1.82, 2.24) is 5.32 Å². The van der Waals surface area contributed by atoms with Gasteiger partial charge in [-0.25, -0.2) is 0 Å². The Bertz CT molecular complexity index is 793. The third-order valence-electron chi connectivity index (χ3n) is 3.70. The molecule has 2 aromatic rings. The summed E-state index contributed by atoms with van der Waals surface area (Å²) in [6, 6.07) is 11.2. The fraction of sp³-hybridized carbons (Fsp3) is 0.278. The summed E-state index contributed by atoms with van der Waals surface area (Å²) < 4.78 is 15.6. The minimum absolute atomic E-state index is 0.0651. The molecule has 138 valence electrons. The van der Waals surface area contributed by atoms with Gasteiger partial charge in [0.15, 0.2) is 6.61 Å². The Hall–Kier alpha value is -3.29. The lowest BCUT2D eigenvalue weighted by Gasteiger charge is -2.17. The highest BCUT2D eigenvalue weighted by atomic mass is 16.6. The second-order valence-electron chi connectivity index (χ2n) is 5.41. The maximum atomic E-state index is 12.1. The summed E-state index contributed by atoms with van der Waals surface area (Å²) in [5.74, 6) is 0.713. The molecule has 0 aliphatic heterocycles. The van der Waals surface area contributed by atoms with Crippen LogP contribution in [0.2, 0.25) is 0 Å². The molecule has 0 spiro atoms. The molecule has 0 aliphatic rings. The first kappa shape index (κ1) is 19.0. The average Bonchev–Trinajstić information content (AvgIpc) is 2.65. The maximum absolute atomic E-state index is 12.1. The predicted molar refractivity (Wildman–Crippen MR) is 94.7 cm³/mol. The molecule has 0 fully saturated rings. The fourth-order valence-electron chi connectivity index (χ4n) is 2.43. The van der Waals surface area contributed by atoms with E-state index in [1.807, 2.05) is 31.2 Å². The summed E-state index contributed by atoms with van der Waals surface area (Å²) in [6.45, 7) is 1.60. The molecule has 8 heteroatoms. The monoisotopic (exact) mass is 360 g/mol.